The van der Waals surface area contributed by atoms with Crippen LogP contribution in [0.15, 0.2) is 54.2 Å². The molecule has 0 aromatic heterocycles. The second-order valence-corrected chi connectivity index (χ2v) is 6.47. The van der Waals surface area contributed by atoms with Crippen molar-refractivity contribution in [3.8, 4) is 11.5 Å². The fourth-order valence-corrected chi connectivity index (χ4v) is 3.24. The second kappa shape index (κ2) is 8.79. The van der Waals surface area contributed by atoms with Crippen molar-refractivity contribution in [1.82, 2.24) is 4.90 Å². The van der Waals surface area contributed by atoms with E-state index in [9.17, 15) is 14.7 Å². The molecule has 0 aliphatic carbocycles. The average Bonchev–Trinajstić information content (AvgIpc) is 2.99. The van der Waals surface area contributed by atoms with Crippen molar-refractivity contribution in [3.05, 3.63) is 59.8 Å². The normalized spacial score (nSPS) is 13.9. The molecule has 2 aromatic carbocycles. The summed E-state index contributed by atoms with van der Waals surface area (Å²) in [5, 5.41) is 9.33. The first kappa shape index (κ1) is 20.4. The average molecular weight is 396 g/mol. The number of hydrogen-bond donors (Lipinski definition) is 1. The number of imide groups is 1. The minimum absolute atomic E-state index is 0.138. The number of likely N-dealkylation sites (N-methyl/N-ethyl adjacent to an activating group) is 1. The maximum Gasteiger partial charge on any atom is 0.282 e. The van der Waals surface area contributed by atoms with Gasteiger partial charge >= 0.3 is 0 Å². The van der Waals surface area contributed by atoms with E-state index in [1.807, 2.05) is 6.92 Å². The Morgan fingerprint density at radius 2 is 1.59 bits per heavy atom. The standard InChI is InChI=1S/C22H24N2O5/c1-4-29-18-11-7-16(8-12-18)24-21(26)19(15-5-9-17(28-3)10-6-15)20(22(24)27)23(2)13-14-25/h5-12,25H,4,13-14H2,1-3H3. The van der Waals surface area contributed by atoms with Crippen LogP contribution in [-0.4, -0.2) is 55.7 Å². The summed E-state index contributed by atoms with van der Waals surface area (Å²) in [5.41, 5.74) is 1.62. The topological polar surface area (TPSA) is 79.3 Å². The molecule has 0 saturated heterocycles. The summed E-state index contributed by atoms with van der Waals surface area (Å²) in [7, 11) is 3.24. The molecule has 0 fully saturated rings. The molecule has 7 heteroatoms. The zero-order valence-electron chi connectivity index (χ0n) is 16.7. The minimum atomic E-state index is -0.430. The highest BCUT2D eigenvalue weighted by molar-refractivity contribution is 6.45. The van der Waals surface area contributed by atoms with Gasteiger partial charge in [-0.3, -0.25) is 9.59 Å². The van der Waals surface area contributed by atoms with Gasteiger partial charge < -0.3 is 19.5 Å². The smallest absolute Gasteiger partial charge is 0.282 e. The van der Waals surface area contributed by atoms with E-state index in [-0.39, 0.29) is 18.8 Å². The number of hydrogen-bond acceptors (Lipinski definition) is 6. The van der Waals surface area contributed by atoms with Gasteiger partial charge in [0, 0.05) is 13.6 Å². The molecular weight excluding hydrogens is 372 g/mol. The van der Waals surface area contributed by atoms with Crippen LogP contribution >= 0.6 is 0 Å². The third-order valence-corrected chi connectivity index (χ3v) is 4.66. The van der Waals surface area contributed by atoms with Gasteiger partial charge in [-0.05, 0) is 48.9 Å². The summed E-state index contributed by atoms with van der Waals surface area (Å²) in [4.78, 5) is 29.3. The first-order valence-electron chi connectivity index (χ1n) is 9.34. The summed E-state index contributed by atoms with van der Waals surface area (Å²) in [6, 6.07) is 13.8. The molecule has 0 atom stereocenters. The Labute approximate surface area is 169 Å². The number of aliphatic hydroxyl groups excluding tert-OH is 1. The number of rotatable bonds is 8. The van der Waals surface area contributed by atoms with Crippen LogP contribution in [0.25, 0.3) is 5.57 Å². The highest BCUT2D eigenvalue weighted by Crippen LogP contribution is 2.35. The number of aliphatic hydroxyl groups is 1. The van der Waals surface area contributed by atoms with Gasteiger partial charge in [-0.2, -0.15) is 0 Å². The molecule has 2 aromatic rings. The molecule has 1 aliphatic heterocycles. The van der Waals surface area contributed by atoms with Crippen molar-refractivity contribution in [1.29, 1.82) is 0 Å². The van der Waals surface area contributed by atoms with E-state index in [1.54, 1.807) is 67.6 Å². The van der Waals surface area contributed by atoms with E-state index in [0.29, 0.717) is 34.9 Å². The lowest BCUT2D eigenvalue weighted by atomic mass is 10.0. The Balaban J connectivity index is 2.03. The third-order valence-electron chi connectivity index (χ3n) is 4.66. The largest absolute Gasteiger partial charge is 0.497 e. The van der Waals surface area contributed by atoms with Gasteiger partial charge in [0.2, 0.25) is 0 Å². The monoisotopic (exact) mass is 396 g/mol. The summed E-state index contributed by atoms with van der Waals surface area (Å²) in [6.07, 6.45) is 0. The SMILES string of the molecule is CCOc1ccc(N2C(=O)C(c3ccc(OC)cc3)=C(N(C)CCO)C2=O)cc1. The molecule has 152 valence electrons. The van der Waals surface area contributed by atoms with Crippen LogP contribution in [0.1, 0.15) is 12.5 Å². The van der Waals surface area contributed by atoms with Gasteiger partial charge in [-0.25, -0.2) is 4.90 Å². The number of methoxy groups -OCH3 is 1. The highest BCUT2D eigenvalue weighted by Gasteiger charge is 2.41. The molecular formula is C22H24N2O5. The molecule has 0 radical (unpaired) electrons. The summed E-state index contributed by atoms with van der Waals surface area (Å²) in [6.45, 7) is 2.50. The van der Waals surface area contributed by atoms with Crippen molar-refractivity contribution in [2.75, 3.05) is 38.8 Å². The molecule has 0 saturated carbocycles. The van der Waals surface area contributed by atoms with E-state index < -0.39 is 11.8 Å². The van der Waals surface area contributed by atoms with Gasteiger partial charge in [-0.1, -0.05) is 12.1 Å². The summed E-state index contributed by atoms with van der Waals surface area (Å²) in [5.74, 6) is 0.473. The second-order valence-electron chi connectivity index (χ2n) is 6.47. The van der Waals surface area contributed by atoms with Crippen LogP contribution in [-0.2, 0) is 9.59 Å². The molecule has 29 heavy (non-hydrogen) atoms. The third kappa shape index (κ3) is 3.95. The molecule has 1 aliphatic rings. The number of anilines is 1. The molecule has 1 heterocycles. The number of nitrogens with zero attached hydrogens (tertiary/aromatic N) is 2. The molecule has 3 rings (SSSR count). The molecule has 2 amide bonds. The van der Waals surface area contributed by atoms with E-state index in [2.05, 4.69) is 0 Å². The van der Waals surface area contributed by atoms with Crippen LogP contribution in [0.4, 0.5) is 5.69 Å². The van der Waals surface area contributed by atoms with Crippen molar-refractivity contribution in [2.45, 2.75) is 6.92 Å². The highest BCUT2D eigenvalue weighted by atomic mass is 16.5. The van der Waals surface area contributed by atoms with Crippen LogP contribution in [0.5, 0.6) is 11.5 Å². The fraction of sp³-hybridized carbons (Fsp3) is 0.273. The quantitative estimate of drug-likeness (QED) is 0.690. The number of carbonyl (C=O) groups excluding carboxylic acids is 2. The number of benzene rings is 2. The van der Waals surface area contributed by atoms with Crippen molar-refractivity contribution < 1.29 is 24.2 Å². The Kier molecular flexibility index (Phi) is 6.19. The van der Waals surface area contributed by atoms with Crippen molar-refractivity contribution in [3.63, 3.8) is 0 Å². The lowest BCUT2D eigenvalue weighted by molar-refractivity contribution is -0.120. The van der Waals surface area contributed by atoms with Crippen LogP contribution < -0.4 is 14.4 Å². The zero-order valence-corrected chi connectivity index (χ0v) is 16.7. The van der Waals surface area contributed by atoms with Gasteiger partial charge in [0.1, 0.15) is 17.2 Å². The molecule has 0 spiro atoms. The van der Waals surface area contributed by atoms with Crippen LogP contribution in [0.3, 0.4) is 0 Å². The first-order chi connectivity index (χ1) is 14.0. The molecule has 0 unspecified atom stereocenters. The molecule has 1 N–H and O–H groups in total. The molecule has 7 nitrogen and oxygen atoms in total. The maximum atomic E-state index is 13.3. The predicted molar refractivity (Wildman–Crippen MR) is 110 cm³/mol. The summed E-state index contributed by atoms with van der Waals surface area (Å²) >= 11 is 0. The van der Waals surface area contributed by atoms with Crippen LogP contribution in [0.2, 0.25) is 0 Å². The lowest BCUT2D eigenvalue weighted by Gasteiger charge is -2.20. The van der Waals surface area contributed by atoms with Gasteiger partial charge in [0.25, 0.3) is 11.8 Å². The zero-order chi connectivity index (χ0) is 21.0. The Hall–Kier alpha value is -3.32. The minimum Gasteiger partial charge on any atom is -0.497 e. The Morgan fingerprint density at radius 3 is 2.14 bits per heavy atom. The van der Waals surface area contributed by atoms with Gasteiger partial charge in [-0.15, -0.1) is 0 Å². The number of carbonyl (C=O) groups is 2. The van der Waals surface area contributed by atoms with E-state index in [4.69, 9.17) is 9.47 Å². The van der Waals surface area contributed by atoms with Crippen molar-refractivity contribution in [2.24, 2.45) is 0 Å². The number of ether oxygens (including phenoxy) is 2. The summed E-state index contributed by atoms with van der Waals surface area (Å²) < 4.78 is 10.6. The first-order valence-corrected chi connectivity index (χ1v) is 9.34. The fourth-order valence-electron chi connectivity index (χ4n) is 3.24. The van der Waals surface area contributed by atoms with Crippen LogP contribution in [0, 0.1) is 0 Å². The van der Waals surface area contributed by atoms with E-state index in [1.165, 1.54) is 0 Å². The number of amides is 2. The predicted octanol–water partition coefficient (Wildman–Crippen LogP) is 2.30. The maximum absolute atomic E-state index is 13.3. The van der Waals surface area contributed by atoms with E-state index in [0.717, 1.165) is 4.90 Å². The van der Waals surface area contributed by atoms with Gasteiger partial charge in [0.05, 0.1) is 31.6 Å². The molecule has 0 bridgehead atoms. The Bertz CT molecular complexity index is 919. The Morgan fingerprint density at radius 1 is 0.966 bits per heavy atom. The van der Waals surface area contributed by atoms with E-state index >= 15 is 0 Å². The van der Waals surface area contributed by atoms with Gasteiger partial charge in [0.15, 0.2) is 0 Å². The van der Waals surface area contributed by atoms with Crippen molar-refractivity contribution >= 4 is 23.1 Å². The lowest BCUT2D eigenvalue weighted by Crippen LogP contribution is -2.34.